The Morgan fingerprint density at radius 1 is 1.09 bits per heavy atom. The molecule has 228 valence electrons. The van der Waals surface area contributed by atoms with Crippen LogP contribution in [0.15, 0.2) is 48.5 Å². The van der Waals surface area contributed by atoms with Crippen molar-refractivity contribution in [1.29, 1.82) is 0 Å². The van der Waals surface area contributed by atoms with Crippen LogP contribution in [0.25, 0.3) is 22.3 Å². The lowest BCUT2D eigenvalue weighted by atomic mass is 10.0. The molecule has 4 heterocycles. The molecule has 1 aliphatic rings. The van der Waals surface area contributed by atoms with Gasteiger partial charge in [0.2, 0.25) is 5.88 Å². The molecule has 15 heteroatoms. The number of carboxylic acid groups (broad SMARTS) is 1. The molecule has 0 spiro atoms. The second-order valence-electron chi connectivity index (χ2n) is 9.84. The van der Waals surface area contributed by atoms with Crippen LogP contribution < -0.4 is 9.47 Å². The third-order valence-corrected chi connectivity index (χ3v) is 7.67. The van der Waals surface area contributed by atoms with E-state index in [2.05, 4.69) is 20.2 Å². The molecular formula is C29H23F4N5O5S. The zero-order chi connectivity index (χ0) is 30.8. The molecule has 0 bridgehead atoms. The normalized spacial score (nSPS) is 14.6. The van der Waals surface area contributed by atoms with Gasteiger partial charge in [-0.25, -0.2) is 32.3 Å². The minimum atomic E-state index is -2.64. The maximum Gasteiger partial charge on any atom is 0.335 e. The number of benzene rings is 2. The number of hydrogen-bond acceptors (Lipinski definition) is 9. The molecule has 5 aromatic rings. The van der Waals surface area contributed by atoms with Crippen LogP contribution in [-0.4, -0.2) is 61.6 Å². The van der Waals surface area contributed by atoms with Gasteiger partial charge in [0.25, 0.3) is 11.6 Å². The highest BCUT2D eigenvalue weighted by atomic mass is 32.1. The second kappa shape index (κ2) is 12.5. The largest absolute Gasteiger partial charge is 0.478 e. The molecule has 0 saturated carbocycles. The number of carbonyl (C=O) groups is 1. The fourth-order valence-corrected chi connectivity index (χ4v) is 5.25. The molecular weight excluding hydrogens is 606 g/mol. The summed E-state index contributed by atoms with van der Waals surface area (Å²) in [6.45, 7) is 0.122. The molecule has 0 aliphatic carbocycles. The molecule has 1 unspecified atom stereocenters. The maximum absolute atomic E-state index is 15.4. The van der Waals surface area contributed by atoms with Crippen LogP contribution in [-0.2, 0) is 24.3 Å². The number of nitrogens with zero attached hydrogens (tertiary/aromatic N) is 5. The third kappa shape index (κ3) is 6.48. The van der Waals surface area contributed by atoms with E-state index < -0.39 is 30.6 Å². The Morgan fingerprint density at radius 2 is 1.93 bits per heavy atom. The van der Waals surface area contributed by atoms with Gasteiger partial charge in [0.05, 0.1) is 34.9 Å². The number of ether oxygens (including phenoxy) is 3. The number of hydrogen-bond donors (Lipinski definition) is 1. The van der Waals surface area contributed by atoms with Crippen LogP contribution in [0.1, 0.15) is 33.2 Å². The number of pyridine rings is 1. The Kier molecular flexibility index (Phi) is 8.39. The number of imidazole rings is 1. The van der Waals surface area contributed by atoms with Crippen molar-refractivity contribution in [1.82, 2.24) is 24.7 Å². The van der Waals surface area contributed by atoms with E-state index in [1.54, 1.807) is 16.7 Å². The zero-order valence-electron chi connectivity index (χ0n) is 22.8. The van der Waals surface area contributed by atoms with Gasteiger partial charge in [0.15, 0.2) is 11.6 Å². The Bertz CT molecular complexity index is 1830. The van der Waals surface area contributed by atoms with Crippen molar-refractivity contribution in [2.75, 3.05) is 13.2 Å². The number of carboxylic acids is 1. The summed E-state index contributed by atoms with van der Waals surface area (Å²) in [4.78, 5) is 20.4. The van der Waals surface area contributed by atoms with Crippen LogP contribution in [0.2, 0.25) is 0 Å². The zero-order valence-corrected chi connectivity index (χ0v) is 23.6. The highest BCUT2D eigenvalue weighted by Gasteiger charge is 2.24. The molecule has 1 saturated heterocycles. The molecule has 3 aromatic heterocycles. The average Bonchev–Trinajstić information content (AvgIpc) is 3.58. The lowest BCUT2D eigenvalue weighted by molar-refractivity contribution is -0.0589. The first-order valence-electron chi connectivity index (χ1n) is 13.4. The summed E-state index contributed by atoms with van der Waals surface area (Å²) in [5.41, 5.74) is 1.29. The first kappa shape index (κ1) is 29.4. The van der Waals surface area contributed by atoms with E-state index in [0.29, 0.717) is 35.0 Å². The number of aromatic carboxylic acids is 1. The van der Waals surface area contributed by atoms with Gasteiger partial charge in [-0.1, -0.05) is 22.5 Å². The topological polar surface area (TPSA) is 121 Å². The van der Waals surface area contributed by atoms with E-state index in [4.69, 9.17) is 14.2 Å². The minimum absolute atomic E-state index is 0.0276. The molecule has 1 atom stereocenters. The fourth-order valence-electron chi connectivity index (χ4n) is 4.64. The van der Waals surface area contributed by atoms with E-state index >= 15 is 8.78 Å². The summed E-state index contributed by atoms with van der Waals surface area (Å²) in [6.07, 6.45) is -1.96. The molecule has 2 aromatic carbocycles. The predicted octanol–water partition coefficient (Wildman–Crippen LogP) is 5.53. The number of alkyl halides is 2. The fraction of sp³-hybridized carbons (Fsp3) is 0.276. The van der Waals surface area contributed by atoms with Gasteiger partial charge >= 0.3 is 5.97 Å². The molecule has 6 rings (SSSR count). The summed E-state index contributed by atoms with van der Waals surface area (Å²) < 4.78 is 73.3. The maximum atomic E-state index is 15.4. The summed E-state index contributed by atoms with van der Waals surface area (Å²) in [7, 11) is 0. The Labute approximate surface area is 250 Å². The molecule has 44 heavy (non-hydrogen) atoms. The van der Waals surface area contributed by atoms with E-state index in [9.17, 15) is 18.7 Å². The van der Waals surface area contributed by atoms with Gasteiger partial charge in [-0.05, 0) is 48.4 Å². The van der Waals surface area contributed by atoms with Crippen molar-refractivity contribution in [3.63, 3.8) is 0 Å². The van der Waals surface area contributed by atoms with Crippen molar-refractivity contribution in [3.05, 3.63) is 82.1 Å². The summed E-state index contributed by atoms with van der Waals surface area (Å²) in [5.74, 6) is -1.93. The lowest BCUT2D eigenvalue weighted by Gasteiger charge is -2.27. The van der Waals surface area contributed by atoms with Gasteiger partial charge in [-0.3, -0.25) is 0 Å². The Hall–Kier alpha value is -4.63. The van der Waals surface area contributed by atoms with Crippen LogP contribution in [0.5, 0.6) is 11.1 Å². The first-order chi connectivity index (χ1) is 21.2. The molecule has 1 aliphatic heterocycles. The van der Waals surface area contributed by atoms with Crippen molar-refractivity contribution >= 4 is 28.3 Å². The predicted molar refractivity (Wildman–Crippen MR) is 149 cm³/mol. The standard InChI is InChI=1S/C29H23F4N5O5S/c30-19-11-18(21-2-1-3-26(35-21)42-14-27-36-37-29(44-27)43-13-24(32)33)20(31)8-16(19)10-25-34-22-5-4-15(28(39)40)9-23(22)38(25)12-17-6-7-41-17/h1-5,8-9,11,17,24H,6-7,10,12-14H2,(H,39,40). The number of halogens is 4. The molecule has 0 amide bonds. The molecule has 0 radical (unpaired) electrons. The average molecular weight is 630 g/mol. The summed E-state index contributed by atoms with van der Waals surface area (Å²) in [6, 6.07) is 11.3. The van der Waals surface area contributed by atoms with E-state index in [0.717, 1.165) is 29.9 Å². The van der Waals surface area contributed by atoms with Gasteiger partial charge in [-0.2, -0.15) is 0 Å². The third-order valence-electron chi connectivity index (χ3n) is 6.86. The Balaban J connectivity index is 1.21. The first-order valence-corrected chi connectivity index (χ1v) is 14.2. The van der Waals surface area contributed by atoms with E-state index in [-0.39, 0.29) is 52.6 Å². The van der Waals surface area contributed by atoms with Crippen LogP contribution in [0.3, 0.4) is 0 Å². The summed E-state index contributed by atoms with van der Waals surface area (Å²) in [5, 5.41) is 17.2. The van der Waals surface area contributed by atoms with Crippen LogP contribution >= 0.6 is 11.3 Å². The van der Waals surface area contributed by atoms with E-state index in [1.165, 1.54) is 24.3 Å². The number of rotatable bonds is 12. The van der Waals surface area contributed by atoms with Gasteiger partial charge in [-0.15, -0.1) is 5.10 Å². The SMILES string of the molecule is O=C(O)c1ccc2nc(Cc3cc(F)c(-c4cccc(OCc5nnc(OCC(F)F)s5)n4)cc3F)n(CC3CCO3)c2c1. The van der Waals surface area contributed by atoms with Gasteiger partial charge in [0, 0.05) is 24.7 Å². The molecule has 10 nitrogen and oxygen atoms in total. The molecule has 1 fully saturated rings. The monoisotopic (exact) mass is 629 g/mol. The number of fused-ring (bicyclic) bond motifs is 1. The smallest absolute Gasteiger partial charge is 0.335 e. The lowest BCUT2D eigenvalue weighted by Crippen LogP contribution is -2.31. The quantitative estimate of drug-likeness (QED) is 0.178. The van der Waals surface area contributed by atoms with Crippen LogP contribution in [0.4, 0.5) is 17.6 Å². The van der Waals surface area contributed by atoms with Crippen molar-refractivity contribution in [2.45, 2.75) is 38.5 Å². The number of aromatic nitrogens is 5. The van der Waals surface area contributed by atoms with Gasteiger partial charge < -0.3 is 23.9 Å². The van der Waals surface area contributed by atoms with Crippen molar-refractivity contribution < 1.29 is 41.7 Å². The van der Waals surface area contributed by atoms with Gasteiger partial charge in [0.1, 0.15) is 24.1 Å². The van der Waals surface area contributed by atoms with Crippen LogP contribution in [0, 0.1) is 11.6 Å². The highest BCUT2D eigenvalue weighted by molar-refractivity contribution is 7.13. The van der Waals surface area contributed by atoms with Crippen molar-refractivity contribution in [3.8, 4) is 22.3 Å². The summed E-state index contributed by atoms with van der Waals surface area (Å²) >= 11 is 0.933. The highest BCUT2D eigenvalue weighted by Crippen LogP contribution is 2.29. The second-order valence-corrected chi connectivity index (χ2v) is 10.9. The van der Waals surface area contributed by atoms with E-state index in [1.807, 2.05) is 0 Å². The molecule has 1 N–H and O–H groups in total. The minimum Gasteiger partial charge on any atom is -0.478 e. The Morgan fingerprint density at radius 3 is 2.68 bits per heavy atom. The van der Waals surface area contributed by atoms with Crippen molar-refractivity contribution in [2.24, 2.45) is 0 Å².